The van der Waals surface area contributed by atoms with Crippen molar-refractivity contribution in [3.05, 3.63) is 90.2 Å². The van der Waals surface area contributed by atoms with Gasteiger partial charge in [0.15, 0.2) is 11.5 Å². The lowest BCUT2D eigenvalue weighted by atomic mass is 9.97. The number of aryl methyl sites for hydroxylation is 1. The maximum atomic E-state index is 13.4. The lowest BCUT2D eigenvalue weighted by Gasteiger charge is -2.16. The van der Waals surface area contributed by atoms with Crippen LogP contribution in [0.25, 0.3) is 0 Å². The van der Waals surface area contributed by atoms with Gasteiger partial charge < -0.3 is 9.84 Å². The van der Waals surface area contributed by atoms with E-state index < -0.39 is 17.2 Å². The molecule has 3 aromatic rings. The first-order chi connectivity index (χ1) is 15.7. The van der Waals surface area contributed by atoms with E-state index in [1.807, 2.05) is 44.2 Å². The summed E-state index contributed by atoms with van der Waals surface area (Å²) in [6, 6.07) is 12.0. The number of halogens is 2. The van der Waals surface area contributed by atoms with Crippen molar-refractivity contribution in [1.29, 1.82) is 5.26 Å². The molecular weight excluding hydrogens is 463 g/mol. The van der Waals surface area contributed by atoms with Crippen LogP contribution >= 0.6 is 23.2 Å². The van der Waals surface area contributed by atoms with Crippen LogP contribution in [-0.2, 0) is 6.54 Å². The highest BCUT2D eigenvalue weighted by molar-refractivity contribution is 6.38. The van der Waals surface area contributed by atoms with E-state index in [1.54, 1.807) is 0 Å². The molecule has 1 N–H and O–H groups in total. The van der Waals surface area contributed by atoms with Gasteiger partial charge in [-0.05, 0) is 43.5 Å². The van der Waals surface area contributed by atoms with Crippen LogP contribution in [0.4, 0.5) is 0 Å². The number of ether oxygens (including phenoxy) is 1. The Hall–Kier alpha value is -3.27. The van der Waals surface area contributed by atoms with Crippen molar-refractivity contribution in [3.8, 4) is 17.7 Å². The summed E-state index contributed by atoms with van der Waals surface area (Å²) in [5.74, 6) is -0.884. The van der Waals surface area contributed by atoms with Crippen molar-refractivity contribution in [2.24, 2.45) is 0 Å². The molecule has 0 aliphatic carbocycles. The minimum atomic E-state index is -0.677. The maximum absolute atomic E-state index is 13.4. The lowest BCUT2D eigenvalue weighted by Crippen LogP contribution is -2.27. The number of hydrogen-bond acceptors (Lipinski definition) is 5. The number of nitrogens with zero attached hydrogens (tertiary/aromatic N) is 2. The minimum absolute atomic E-state index is 0.00844. The summed E-state index contributed by atoms with van der Waals surface area (Å²) in [5, 5.41) is 20.8. The van der Waals surface area contributed by atoms with Crippen LogP contribution in [0.3, 0.4) is 0 Å². The van der Waals surface area contributed by atoms with Gasteiger partial charge in [-0.15, -0.1) is 0 Å². The molecule has 0 unspecified atom stereocenters. The average molecular weight is 485 g/mol. The Morgan fingerprint density at radius 3 is 2.30 bits per heavy atom. The molecule has 0 radical (unpaired) electrons. The van der Waals surface area contributed by atoms with E-state index in [2.05, 4.69) is 0 Å². The van der Waals surface area contributed by atoms with Crippen LogP contribution in [0.5, 0.6) is 11.6 Å². The highest BCUT2D eigenvalue weighted by Gasteiger charge is 2.26. The van der Waals surface area contributed by atoms with Crippen molar-refractivity contribution in [1.82, 2.24) is 4.57 Å². The fourth-order valence-corrected chi connectivity index (χ4v) is 4.02. The van der Waals surface area contributed by atoms with Crippen LogP contribution < -0.4 is 10.3 Å². The summed E-state index contributed by atoms with van der Waals surface area (Å²) in [5.41, 5.74) is 0.890. The van der Waals surface area contributed by atoms with Crippen LogP contribution in [0.1, 0.15) is 51.5 Å². The molecule has 3 rings (SSSR count). The standard InChI is InChI=1S/C25H22Cl2N2O4/c1-4-9-33-23-19(26)10-17(11-20(23)27)22(30)21-15(3)18(12-28)24(31)29(25(21)32)13-16-7-5-14(2)6-8-16/h5-8,10-11,32H,4,9,13H2,1-3H3. The predicted molar refractivity (Wildman–Crippen MR) is 128 cm³/mol. The number of aromatic hydroxyl groups is 1. The fourth-order valence-electron chi connectivity index (χ4n) is 3.42. The third-order valence-electron chi connectivity index (χ3n) is 5.20. The average Bonchev–Trinajstić information content (AvgIpc) is 2.77. The summed E-state index contributed by atoms with van der Waals surface area (Å²) < 4.78 is 6.56. The van der Waals surface area contributed by atoms with Gasteiger partial charge in [0.1, 0.15) is 11.6 Å². The second-order valence-corrected chi connectivity index (χ2v) is 8.45. The number of nitriles is 1. The van der Waals surface area contributed by atoms with E-state index >= 15 is 0 Å². The van der Waals surface area contributed by atoms with Gasteiger partial charge in [-0.2, -0.15) is 5.26 Å². The molecule has 0 bridgehead atoms. The van der Waals surface area contributed by atoms with E-state index in [-0.39, 0.29) is 44.6 Å². The fraction of sp³-hybridized carbons (Fsp3) is 0.240. The van der Waals surface area contributed by atoms with Crippen molar-refractivity contribution >= 4 is 29.0 Å². The monoisotopic (exact) mass is 484 g/mol. The number of hydrogen-bond donors (Lipinski definition) is 1. The van der Waals surface area contributed by atoms with E-state index in [0.717, 1.165) is 22.1 Å². The van der Waals surface area contributed by atoms with E-state index in [0.29, 0.717) is 6.61 Å². The molecule has 0 amide bonds. The summed E-state index contributed by atoms with van der Waals surface area (Å²) in [7, 11) is 0. The molecule has 0 spiro atoms. The molecule has 33 heavy (non-hydrogen) atoms. The van der Waals surface area contributed by atoms with Gasteiger partial charge in [-0.25, -0.2) is 0 Å². The van der Waals surface area contributed by atoms with Crippen LogP contribution in [-0.4, -0.2) is 22.1 Å². The third kappa shape index (κ3) is 4.90. The normalized spacial score (nSPS) is 10.7. The van der Waals surface area contributed by atoms with Crippen molar-refractivity contribution in [2.45, 2.75) is 33.7 Å². The zero-order chi connectivity index (χ0) is 24.3. The molecule has 0 saturated heterocycles. The molecule has 2 aromatic carbocycles. The van der Waals surface area contributed by atoms with Gasteiger partial charge >= 0.3 is 0 Å². The van der Waals surface area contributed by atoms with Crippen molar-refractivity contribution in [2.75, 3.05) is 6.61 Å². The first-order valence-corrected chi connectivity index (χ1v) is 11.0. The van der Waals surface area contributed by atoms with E-state index in [4.69, 9.17) is 27.9 Å². The molecule has 0 aliphatic heterocycles. The molecule has 1 aromatic heterocycles. The zero-order valence-electron chi connectivity index (χ0n) is 18.4. The highest BCUT2D eigenvalue weighted by atomic mass is 35.5. The quantitative estimate of drug-likeness (QED) is 0.452. The number of pyridine rings is 1. The number of rotatable bonds is 7. The molecule has 1 heterocycles. The number of carbonyl (C=O) groups is 1. The molecule has 0 atom stereocenters. The van der Waals surface area contributed by atoms with E-state index in [9.17, 15) is 20.0 Å². The van der Waals surface area contributed by atoms with Crippen LogP contribution in [0.15, 0.2) is 41.2 Å². The van der Waals surface area contributed by atoms with E-state index in [1.165, 1.54) is 19.1 Å². The summed E-state index contributed by atoms with van der Waals surface area (Å²) >= 11 is 12.6. The molecule has 6 nitrogen and oxygen atoms in total. The smallest absolute Gasteiger partial charge is 0.271 e. The number of carbonyl (C=O) groups excluding carboxylic acids is 1. The second kappa shape index (κ2) is 10.1. The Bertz CT molecular complexity index is 1300. The molecule has 8 heteroatoms. The van der Waals surface area contributed by atoms with Gasteiger partial charge in [0.05, 0.1) is 28.8 Å². The number of benzene rings is 2. The topological polar surface area (TPSA) is 92.3 Å². The number of aromatic nitrogens is 1. The summed E-state index contributed by atoms with van der Waals surface area (Å²) in [6.07, 6.45) is 0.750. The maximum Gasteiger partial charge on any atom is 0.271 e. The van der Waals surface area contributed by atoms with Crippen molar-refractivity contribution in [3.63, 3.8) is 0 Å². The molecular formula is C25H22Cl2N2O4. The first kappa shape index (κ1) is 24.4. The SMILES string of the molecule is CCCOc1c(Cl)cc(C(=O)c2c(C)c(C#N)c(=O)n(Cc3ccc(C)cc3)c2O)cc1Cl. The molecule has 0 fully saturated rings. The van der Waals surface area contributed by atoms with Crippen LogP contribution in [0.2, 0.25) is 10.0 Å². The Morgan fingerprint density at radius 1 is 1.15 bits per heavy atom. The van der Waals surface area contributed by atoms with Gasteiger partial charge in [0.25, 0.3) is 5.56 Å². The van der Waals surface area contributed by atoms with Gasteiger partial charge in [0.2, 0.25) is 5.88 Å². The van der Waals surface area contributed by atoms with Crippen molar-refractivity contribution < 1.29 is 14.6 Å². The minimum Gasteiger partial charge on any atom is -0.494 e. The predicted octanol–water partition coefficient (Wildman–Crippen LogP) is 5.42. The Morgan fingerprint density at radius 2 is 1.76 bits per heavy atom. The van der Waals surface area contributed by atoms with Gasteiger partial charge in [-0.3, -0.25) is 14.2 Å². The largest absolute Gasteiger partial charge is 0.494 e. The third-order valence-corrected chi connectivity index (χ3v) is 5.76. The summed E-state index contributed by atoms with van der Waals surface area (Å²) in [4.78, 5) is 26.3. The molecule has 0 aliphatic rings. The molecule has 170 valence electrons. The molecule has 0 saturated carbocycles. The van der Waals surface area contributed by atoms with Crippen LogP contribution in [0, 0.1) is 25.2 Å². The number of ketones is 1. The zero-order valence-corrected chi connectivity index (χ0v) is 19.9. The Kier molecular flexibility index (Phi) is 7.47. The summed E-state index contributed by atoms with van der Waals surface area (Å²) in [6.45, 7) is 5.71. The Balaban J connectivity index is 2.14. The van der Waals surface area contributed by atoms with Gasteiger partial charge in [0, 0.05) is 5.56 Å². The Labute approximate surface area is 201 Å². The second-order valence-electron chi connectivity index (χ2n) is 7.63. The van der Waals surface area contributed by atoms with Gasteiger partial charge in [-0.1, -0.05) is 60.0 Å². The highest BCUT2D eigenvalue weighted by Crippen LogP contribution is 2.36. The first-order valence-electron chi connectivity index (χ1n) is 10.3. The lowest BCUT2D eigenvalue weighted by molar-refractivity contribution is 0.103.